The van der Waals surface area contributed by atoms with Crippen molar-refractivity contribution in [1.82, 2.24) is 0 Å². The van der Waals surface area contributed by atoms with E-state index in [0.717, 1.165) is 19.1 Å². The van der Waals surface area contributed by atoms with E-state index in [-0.39, 0.29) is 5.41 Å². The van der Waals surface area contributed by atoms with Gasteiger partial charge in [0.1, 0.15) is 6.29 Å². The Bertz CT molecular complexity index is 208. The molecule has 0 aromatic carbocycles. The van der Waals surface area contributed by atoms with E-state index in [1.54, 1.807) is 0 Å². The van der Waals surface area contributed by atoms with Crippen LogP contribution in [-0.2, 0) is 4.79 Å². The van der Waals surface area contributed by atoms with E-state index in [0.29, 0.717) is 12.8 Å². The van der Waals surface area contributed by atoms with Crippen LogP contribution in [0.3, 0.4) is 0 Å². The van der Waals surface area contributed by atoms with Crippen LogP contribution in [0.2, 0.25) is 0 Å². The molecule has 0 amide bonds. The molecule has 2 heteroatoms. The van der Waals surface area contributed by atoms with E-state index in [1.807, 2.05) is 0 Å². The Balaban J connectivity index is 2.06. The highest BCUT2D eigenvalue weighted by molar-refractivity contribution is 5.49. The molecule has 2 nitrogen and oxygen atoms in total. The second-order valence-corrected chi connectivity index (χ2v) is 4.72. The van der Waals surface area contributed by atoms with Gasteiger partial charge in [-0.1, -0.05) is 6.42 Å². The summed E-state index contributed by atoms with van der Waals surface area (Å²) >= 11 is 0. The van der Waals surface area contributed by atoms with Crippen LogP contribution in [0.5, 0.6) is 0 Å². The van der Waals surface area contributed by atoms with E-state index >= 15 is 0 Å². The Kier molecular flexibility index (Phi) is 2.18. The lowest BCUT2D eigenvalue weighted by molar-refractivity contribution is -0.120. The van der Waals surface area contributed by atoms with Gasteiger partial charge in [-0.3, -0.25) is 0 Å². The number of aldehydes is 1. The van der Waals surface area contributed by atoms with Gasteiger partial charge in [-0.25, -0.2) is 0 Å². The summed E-state index contributed by atoms with van der Waals surface area (Å²) in [6.07, 6.45) is 9.03. The predicted octanol–water partition coefficient (Wildman–Crippen LogP) is 2.05. The molecule has 0 aromatic rings. The van der Waals surface area contributed by atoms with Gasteiger partial charge in [0.2, 0.25) is 0 Å². The number of hydrogen-bond acceptors (Lipinski definition) is 2. The van der Waals surface area contributed by atoms with Gasteiger partial charge in [0.05, 0.1) is 5.60 Å². The topological polar surface area (TPSA) is 37.3 Å². The smallest absolute Gasteiger partial charge is 0.120 e. The fourth-order valence-electron chi connectivity index (χ4n) is 3.22. The molecule has 74 valence electrons. The van der Waals surface area contributed by atoms with E-state index in [1.165, 1.54) is 25.7 Å². The predicted molar refractivity (Wildman–Crippen MR) is 50.4 cm³/mol. The van der Waals surface area contributed by atoms with Crippen molar-refractivity contribution >= 4 is 6.29 Å². The van der Waals surface area contributed by atoms with E-state index in [4.69, 9.17) is 0 Å². The van der Waals surface area contributed by atoms with E-state index in [9.17, 15) is 9.90 Å². The first-order chi connectivity index (χ1) is 6.22. The van der Waals surface area contributed by atoms with Gasteiger partial charge in [0.15, 0.2) is 0 Å². The van der Waals surface area contributed by atoms with Crippen LogP contribution in [-0.4, -0.2) is 17.0 Å². The molecule has 0 radical (unpaired) electrons. The minimum Gasteiger partial charge on any atom is -0.389 e. The van der Waals surface area contributed by atoms with Crippen LogP contribution < -0.4 is 0 Å². The molecule has 0 bridgehead atoms. The van der Waals surface area contributed by atoms with Crippen molar-refractivity contribution in [3.8, 4) is 0 Å². The maximum Gasteiger partial charge on any atom is 0.120 e. The van der Waals surface area contributed by atoms with Crippen molar-refractivity contribution < 1.29 is 9.90 Å². The van der Waals surface area contributed by atoms with Crippen molar-refractivity contribution in [2.75, 3.05) is 0 Å². The molecule has 1 N–H and O–H groups in total. The first kappa shape index (κ1) is 9.20. The van der Waals surface area contributed by atoms with Crippen molar-refractivity contribution in [1.29, 1.82) is 0 Å². The molecular weight excluding hydrogens is 164 g/mol. The average molecular weight is 182 g/mol. The molecule has 0 aromatic heterocycles. The van der Waals surface area contributed by atoms with Gasteiger partial charge < -0.3 is 9.90 Å². The van der Waals surface area contributed by atoms with Crippen LogP contribution in [0.4, 0.5) is 0 Å². The average Bonchev–Trinajstić information content (AvgIpc) is 2.39. The summed E-state index contributed by atoms with van der Waals surface area (Å²) < 4.78 is 0. The van der Waals surface area contributed by atoms with Crippen LogP contribution in [0.15, 0.2) is 0 Å². The SMILES string of the molecule is O=CCCC1(O)CCCC12CCC2. The number of hydrogen-bond donors (Lipinski definition) is 1. The summed E-state index contributed by atoms with van der Waals surface area (Å²) in [6.45, 7) is 0. The molecule has 0 saturated heterocycles. The minimum atomic E-state index is -0.494. The third-order valence-corrected chi connectivity index (χ3v) is 4.22. The zero-order valence-electron chi connectivity index (χ0n) is 8.09. The van der Waals surface area contributed by atoms with Gasteiger partial charge in [-0.15, -0.1) is 0 Å². The van der Waals surface area contributed by atoms with Gasteiger partial charge in [-0.05, 0) is 43.9 Å². The highest BCUT2D eigenvalue weighted by Gasteiger charge is 2.55. The second-order valence-electron chi connectivity index (χ2n) is 4.72. The molecule has 2 aliphatic rings. The van der Waals surface area contributed by atoms with Crippen molar-refractivity contribution in [3.05, 3.63) is 0 Å². The van der Waals surface area contributed by atoms with Crippen molar-refractivity contribution in [2.45, 2.75) is 57.0 Å². The molecule has 2 rings (SSSR count). The molecule has 13 heavy (non-hydrogen) atoms. The Hall–Kier alpha value is -0.370. The van der Waals surface area contributed by atoms with Crippen LogP contribution >= 0.6 is 0 Å². The normalized spacial score (nSPS) is 36.1. The summed E-state index contributed by atoms with van der Waals surface area (Å²) in [5.41, 5.74) is -0.276. The van der Waals surface area contributed by atoms with Crippen LogP contribution in [0.25, 0.3) is 0 Å². The molecule has 2 aliphatic carbocycles. The second kappa shape index (κ2) is 3.09. The molecule has 1 atom stereocenters. The van der Waals surface area contributed by atoms with Crippen LogP contribution in [0.1, 0.15) is 51.4 Å². The fourth-order valence-corrected chi connectivity index (χ4v) is 3.22. The van der Waals surface area contributed by atoms with Gasteiger partial charge in [0, 0.05) is 6.42 Å². The minimum absolute atomic E-state index is 0.218. The lowest BCUT2D eigenvalue weighted by Gasteiger charge is -2.49. The Morgan fingerprint density at radius 2 is 1.77 bits per heavy atom. The summed E-state index contributed by atoms with van der Waals surface area (Å²) in [6, 6.07) is 0. The quantitative estimate of drug-likeness (QED) is 0.678. The summed E-state index contributed by atoms with van der Waals surface area (Å²) in [5.74, 6) is 0. The third-order valence-electron chi connectivity index (χ3n) is 4.22. The van der Waals surface area contributed by atoms with Gasteiger partial charge in [0.25, 0.3) is 0 Å². The summed E-state index contributed by atoms with van der Waals surface area (Å²) in [4.78, 5) is 10.3. The zero-order chi connectivity index (χ0) is 9.36. The third kappa shape index (κ3) is 1.23. The van der Waals surface area contributed by atoms with E-state index < -0.39 is 5.60 Å². The standard InChI is InChI=1S/C11H18O2/c12-9-3-8-11(13)7-2-6-10(11)4-1-5-10/h9,13H,1-8H2. The molecule has 0 heterocycles. The molecule has 1 unspecified atom stereocenters. The first-order valence-electron chi connectivity index (χ1n) is 5.39. The lowest BCUT2D eigenvalue weighted by Crippen LogP contribution is -2.48. The molecule has 2 fully saturated rings. The summed E-state index contributed by atoms with van der Waals surface area (Å²) in [5, 5.41) is 10.4. The molecule has 1 spiro atoms. The Morgan fingerprint density at radius 3 is 2.31 bits per heavy atom. The largest absolute Gasteiger partial charge is 0.389 e. The molecule has 2 saturated carbocycles. The zero-order valence-corrected chi connectivity index (χ0v) is 8.09. The number of rotatable bonds is 3. The highest BCUT2D eigenvalue weighted by Crippen LogP contribution is 2.60. The fraction of sp³-hybridized carbons (Fsp3) is 0.909. The maximum atomic E-state index is 10.4. The summed E-state index contributed by atoms with van der Waals surface area (Å²) in [7, 11) is 0. The van der Waals surface area contributed by atoms with Gasteiger partial charge in [-0.2, -0.15) is 0 Å². The highest BCUT2D eigenvalue weighted by atomic mass is 16.3. The number of carbonyl (C=O) groups is 1. The van der Waals surface area contributed by atoms with Crippen LogP contribution in [0, 0.1) is 5.41 Å². The number of carbonyl (C=O) groups excluding carboxylic acids is 1. The Morgan fingerprint density at radius 1 is 1.15 bits per heavy atom. The van der Waals surface area contributed by atoms with Gasteiger partial charge >= 0.3 is 0 Å². The molecular formula is C11H18O2. The monoisotopic (exact) mass is 182 g/mol. The first-order valence-corrected chi connectivity index (χ1v) is 5.39. The number of aliphatic hydroxyl groups is 1. The molecule has 0 aliphatic heterocycles. The van der Waals surface area contributed by atoms with Crippen molar-refractivity contribution in [2.24, 2.45) is 5.41 Å². The van der Waals surface area contributed by atoms with Crippen molar-refractivity contribution in [3.63, 3.8) is 0 Å². The lowest BCUT2D eigenvalue weighted by atomic mass is 9.59. The maximum absolute atomic E-state index is 10.4. The van der Waals surface area contributed by atoms with E-state index in [2.05, 4.69) is 0 Å². The Labute approximate surface area is 79.3 Å².